The van der Waals surface area contributed by atoms with Gasteiger partial charge in [-0.15, -0.1) is 0 Å². The number of nitrogens with one attached hydrogen (secondary N) is 1. The Hall–Kier alpha value is -1.90. The van der Waals surface area contributed by atoms with E-state index >= 15 is 0 Å². The average molecular weight is 406 g/mol. The van der Waals surface area contributed by atoms with Crippen LogP contribution in [0.5, 0.6) is 0 Å². The minimum Gasteiger partial charge on any atom is -0.384 e. The zero-order chi connectivity index (χ0) is 19.9. The van der Waals surface area contributed by atoms with Gasteiger partial charge in [0.2, 0.25) is 15.9 Å². The number of carbonyl (C=O) groups excluding carboxylic acids is 1. The topological polar surface area (TPSA) is 82.7 Å². The number of ether oxygens (including phenoxy) is 1. The monoisotopic (exact) mass is 405 g/mol. The van der Waals surface area contributed by atoms with Gasteiger partial charge in [-0.3, -0.25) is 4.79 Å². The fourth-order valence-electron chi connectivity index (χ4n) is 4.79. The van der Waals surface area contributed by atoms with E-state index in [1.54, 1.807) is 11.4 Å². The molecule has 2 saturated heterocycles. The molecule has 28 heavy (non-hydrogen) atoms. The second kappa shape index (κ2) is 7.17. The van der Waals surface area contributed by atoms with Crippen LogP contribution >= 0.6 is 0 Å². The van der Waals surface area contributed by atoms with Crippen LogP contribution in [-0.2, 0) is 26.0 Å². The Kier molecular flexibility index (Phi) is 4.97. The first-order chi connectivity index (χ1) is 13.3. The summed E-state index contributed by atoms with van der Waals surface area (Å²) >= 11 is 0. The molecule has 0 bridgehead atoms. The predicted molar refractivity (Wildman–Crippen MR) is 107 cm³/mol. The van der Waals surface area contributed by atoms with E-state index in [-0.39, 0.29) is 17.2 Å². The number of hydrogen-bond donors (Lipinski definition) is 1. The van der Waals surface area contributed by atoms with Gasteiger partial charge in [0.05, 0.1) is 19.3 Å². The van der Waals surface area contributed by atoms with Gasteiger partial charge in [0.15, 0.2) is 0 Å². The number of piperidine rings is 1. The van der Waals surface area contributed by atoms with Gasteiger partial charge in [-0.25, -0.2) is 12.7 Å². The number of amides is 1. The molecule has 0 aliphatic carbocycles. The Labute approximate surface area is 165 Å². The van der Waals surface area contributed by atoms with E-state index in [4.69, 9.17) is 4.74 Å². The van der Waals surface area contributed by atoms with E-state index in [0.29, 0.717) is 39.2 Å². The Morgan fingerprint density at radius 1 is 1.32 bits per heavy atom. The lowest BCUT2D eigenvalue weighted by molar-refractivity contribution is -0.134. The summed E-state index contributed by atoms with van der Waals surface area (Å²) in [6.45, 7) is 2.68. The summed E-state index contributed by atoms with van der Waals surface area (Å²) in [5.41, 5.74) is 1.83. The Morgan fingerprint density at radius 3 is 2.86 bits per heavy atom. The normalized spacial score (nSPS) is 25.9. The molecule has 8 heteroatoms. The maximum Gasteiger partial charge on any atom is 0.227 e. The van der Waals surface area contributed by atoms with Crippen LogP contribution in [0.15, 0.2) is 30.5 Å². The third kappa shape index (κ3) is 3.44. The molecule has 2 aliphatic heterocycles. The number of carbonyl (C=O) groups is 1. The predicted octanol–water partition coefficient (Wildman–Crippen LogP) is 1.47. The van der Waals surface area contributed by atoms with Crippen LogP contribution in [0.4, 0.5) is 0 Å². The number of methoxy groups -OCH3 is 1. The fraction of sp³-hybridized carbons (Fsp3) is 0.550. The van der Waals surface area contributed by atoms with Gasteiger partial charge in [-0.05, 0) is 24.0 Å². The number of hydrogen-bond acceptors (Lipinski definition) is 4. The standard InChI is InChI=1S/C20H27N3O4S/c1-27-14-20-7-8-22(11-16(20)12-23(13-20)28(2,25)26)19(24)9-15-10-21-18-6-4-3-5-17(15)18/h3-6,10,16,21H,7-9,11-14H2,1-2H3/t16-,20+/m1/s1. The van der Waals surface area contributed by atoms with Gasteiger partial charge in [0.1, 0.15) is 0 Å². The molecule has 0 saturated carbocycles. The van der Waals surface area contributed by atoms with E-state index < -0.39 is 10.0 Å². The van der Waals surface area contributed by atoms with Crippen LogP contribution in [0, 0.1) is 11.3 Å². The molecule has 2 aliphatic rings. The van der Waals surface area contributed by atoms with Crippen molar-refractivity contribution in [2.45, 2.75) is 12.8 Å². The lowest BCUT2D eigenvalue weighted by Gasteiger charge is -2.43. The molecule has 2 atom stereocenters. The minimum atomic E-state index is -3.25. The van der Waals surface area contributed by atoms with Crippen molar-refractivity contribution in [3.63, 3.8) is 0 Å². The molecule has 152 valence electrons. The molecule has 0 radical (unpaired) electrons. The number of sulfonamides is 1. The molecule has 2 fully saturated rings. The van der Waals surface area contributed by atoms with Crippen molar-refractivity contribution in [2.24, 2.45) is 11.3 Å². The number of rotatable bonds is 5. The fourth-order valence-corrected chi connectivity index (χ4v) is 5.73. The third-order valence-electron chi connectivity index (χ3n) is 6.37. The number of aromatic nitrogens is 1. The quantitative estimate of drug-likeness (QED) is 0.817. The Morgan fingerprint density at radius 2 is 2.11 bits per heavy atom. The Bertz CT molecular complexity index is 986. The van der Waals surface area contributed by atoms with Crippen LogP contribution in [0.1, 0.15) is 12.0 Å². The smallest absolute Gasteiger partial charge is 0.227 e. The maximum atomic E-state index is 13.0. The number of para-hydroxylation sites is 1. The summed E-state index contributed by atoms with van der Waals surface area (Å²) in [6.07, 6.45) is 4.27. The molecule has 4 rings (SSSR count). The molecule has 7 nitrogen and oxygen atoms in total. The average Bonchev–Trinajstić information content (AvgIpc) is 3.23. The highest BCUT2D eigenvalue weighted by Gasteiger charge is 2.52. The zero-order valence-corrected chi connectivity index (χ0v) is 17.2. The van der Waals surface area contributed by atoms with E-state index in [1.165, 1.54) is 6.26 Å². The lowest BCUT2D eigenvalue weighted by atomic mass is 9.73. The van der Waals surface area contributed by atoms with Crippen LogP contribution in [0.2, 0.25) is 0 Å². The number of H-pyrrole nitrogens is 1. The van der Waals surface area contributed by atoms with Crippen molar-refractivity contribution in [1.29, 1.82) is 0 Å². The van der Waals surface area contributed by atoms with Crippen molar-refractivity contribution < 1.29 is 17.9 Å². The van der Waals surface area contributed by atoms with Gasteiger partial charge in [0, 0.05) is 55.8 Å². The van der Waals surface area contributed by atoms with Crippen LogP contribution < -0.4 is 0 Å². The molecule has 1 aromatic carbocycles. The zero-order valence-electron chi connectivity index (χ0n) is 16.3. The van der Waals surface area contributed by atoms with Crippen molar-refractivity contribution in [2.75, 3.05) is 46.2 Å². The molecular formula is C20H27N3O4S. The first-order valence-electron chi connectivity index (χ1n) is 9.59. The third-order valence-corrected chi connectivity index (χ3v) is 7.59. The van der Waals surface area contributed by atoms with Crippen LogP contribution in [-0.4, -0.2) is 74.7 Å². The first-order valence-corrected chi connectivity index (χ1v) is 11.4. The lowest BCUT2D eigenvalue weighted by Crippen LogP contribution is -2.51. The Balaban J connectivity index is 1.50. The summed E-state index contributed by atoms with van der Waals surface area (Å²) in [7, 11) is -1.59. The number of fused-ring (bicyclic) bond motifs is 2. The number of aromatic amines is 1. The molecule has 0 spiro atoms. The first kappa shape index (κ1) is 19.4. The molecule has 2 aromatic rings. The number of benzene rings is 1. The van der Waals surface area contributed by atoms with Gasteiger partial charge < -0.3 is 14.6 Å². The van der Waals surface area contributed by atoms with Gasteiger partial charge in [-0.2, -0.15) is 0 Å². The highest BCUT2D eigenvalue weighted by molar-refractivity contribution is 7.88. The SMILES string of the molecule is COC[C@@]12CCN(C(=O)Cc3c[nH]c4ccccc34)C[C@@H]1CN(S(C)(=O)=O)C2. The molecular weight excluding hydrogens is 378 g/mol. The summed E-state index contributed by atoms with van der Waals surface area (Å²) in [4.78, 5) is 18.1. The van der Waals surface area contributed by atoms with Gasteiger partial charge >= 0.3 is 0 Å². The van der Waals surface area contributed by atoms with Crippen LogP contribution in [0.25, 0.3) is 10.9 Å². The van der Waals surface area contributed by atoms with E-state index in [2.05, 4.69) is 4.98 Å². The molecule has 1 aromatic heterocycles. The van der Waals surface area contributed by atoms with Crippen molar-refractivity contribution in [3.05, 3.63) is 36.0 Å². The van der Waals surface area contributed by atoms with Crippen LogP contribution in [0.3, 0.4) is 0 Å². The largest absolute Gasteiger partial charge is 0.384 e. The van der Waals surface area contributed by atoms with Crippen molar-refractivity contribution in [3.8, 4) is 0 Å². The number of likely N-dealkylation sites (tertiary alicyclic amines) is 1. The van der Waals surface area contributed by atoms with E-state index in [1.807, 2.05) is 35.4 Å². The van der Waals surface area contributed by atoms with E-state index in [0.717, 1.165) is 22.9 Å². The van der Waals surface area contributed by atoms with Gasteiger partial charge in [0.25, 0.3) is 0 Å². The second-order valence-electron chi connectivity index (χ2n) is 8.17. The van der Waals surface area contributed by atoms with E-state index in [9.17, 15) is 13.2 Å². The van der Waals surface area contributed by atoms with Gasteiger partial charge in [-0.1, -0.05) is 18.2 Å². The molecule has 3 heterocycles. The molecule has 1 amide bonds. The molecule has 0 unspecified atom stereocenters. The summed E-state index contributed by atoms with van der Waals surface area (Å²) in [5.74, 6) is 0.191. The summed E-state index contributed by atoms with van der Waals surface area (Å²) < 4.78 is 31.1. The molecule has 1 N–H and O–H groups in total. The summed E-state index contributed by atoms with van der Waals surface area (Å²) in [5, 5.41) is 1.07. The minimum absolute atomic E-state index is 0.0913. The second-order valence-corrected chi connectivity index (χ2v) is 10.2. The summed E-state index contributed by atoms with van der Waals surface area (Å²) in [6, 6.07) is 7.97. The highest BCUT2D eigenvalue weighted by Crippen LogP contribution is 2.44. The highest BCUT2D eigenvalue weighted by atomic mass is 32.2. The van der Waals surface area contributed by atoms with Crippen molar-refractivity contribution in [1.82, 2.24) is 14.2 Å². The number of nitrogens with zero attached hydrogens (tertiary/aromatic N) is 2. The van der Waals surface area contributed by atoms with Crippen molar-refractivity contribution >= 4 is 26.8 Å². The maximum absolute atomic E-state index is 13.0.